The molecule has 1 unspecified atom stereocenters. The van der Waals surface area contributed by atoms with Crippen LogP contribution in [0.5, 0.6) is 11.7 Å². The molecule has 0 spiro atoms. The van der Waals surface area contributed by atoms with Crippen molar-refractivity contribution in [1.29, 1.82) is 0 Å². The van der Waals surface area contributed by atoms with Gasteiger partial charge in [-0.15, -0.1) is 0 Å². The first-order chi connectivity index (χ1) is 13.5. The summed E-state index contributed by atoms with van der Waals surface area (Å²) in [7, 11) is 1.57. The zero-order valence-corrected chi connectivity index (χ0v) is 16.8. The van der Waals surface area contributed by atoms with Gasteiger partial charge in [-0.3, -0.25) is 4.79 Å². The molecule has 0 aliphatic rings. The molecular formula is C19H18ClN3O4S. The Morgan fingerprint density at radius 3 is 2.57 bits per heavy atom. The zero-order valence-electron chi connectivity index (χ0n) is 15.2. The van der Waals surface area contributed by atoms with Gasteiger partial charge in [0, 0.05) is 22.8 Å². The van der Waals surface area contributed by atoms with Crippen molar-refractivity contribution >= 4 is 35.0 Å². The van der Waals surface area contributed by atoms with Gasteiger partial charge in [-0.25, -0.2) is 0 Å². The smallest absolute Gasteiger partial charge is 0.298 e. The number of halogens is 1. The van der Waals surface area contributed by atoms with Crippen LogP contribution in [0.1, 0.15) is 13.3 Å². The number of carbonyl (C=O) groups excluding carboxylic acids is 1. The van der Waals surface area contributed by atoms with Gasteiger partial charge in [-0.05, 0) is 59.3 Å². The summed E-state index contributed by atoms with van der Waals surface area (Å²) in [6, 6.07) is 13.8. The van der Waals surface area contributed by atoms with Gasteiger partial charge in [0.05, 0.1) is 17.6 Å². The summed E-state index contributed by atoms with van der Waals surface area (Å²) in [5, 5.41) is 19.1. The highest BCUT2D eigenvalue weighted by atomic mass is 35.5. The van der Waals surface area contributed by atoms with E-state index in [1.165, 1.54) is 4.68 Å². The van der Waals surface area contributed by atoms with E-state index < -0.39 is 11.2 Å². The van der Waals surface area contributed by atoms with Gasteiger partial charge in [0.25, 0.3) is 5.03 Å². The fourth-order valence-corrected chi connectivity index (χ4v) is 3.54. The van der Waals surface area contributed by atoms with Gasteiger partial charge in [0.1, 0.15) is 5.75 Å². The second-order valence-electron chi connectivity index (χ2n) is 5.79. The minimum Gasteiger partial charge on any atom is -0.538 e. The number of amides is 1. The summed E-state index contributed by atoms with van der Waals surface area (Å²) in [6.45, 7) is 1.87. The summed E-state index contributed by atoms with van der Waals surface area (Å²) in [6.07, 6.45) is 0.511. The van der Waals surface area contributed by atoms with Crippen molar-refractivity contribution < 1.29 is 23.8 Å². The molecule has 0 radical (unpaired) electrons. The molecule has 0 aliphatic carbocycles. The Morgan fingerprint density at radius 2 is 1.96 bits per heavy atom. The number of benzene rings is 2. The molecule has 1 amide bonds. The van der Waals surface area contributed by atoms with Crippen LogP contribution in [0.15, 0.2) is 58.1 Å². The van der Waals surface area contributed by atoms with Crippen LogP contribution in [0.2, 0.25) is 5.02 Å². The third kappa shape index (κ3) is 4.58. The van der Waals surface area contributed by atoms with Gasteiger partial charge in [0.2, 0.25) is 11.6 Å². The molecule has 3 aromatic rings. The number of nitrogens with zero attached hydrogens (tertiary/aromatic N) is 2. The highest BCUT2D eigenvalue weighted by Gasteiger charge is 2.28. The SMILES string of the molecule is CCC(Sc1c([O-])on[n+]1-c1ccc(OC)cc1)C(=O)Nc1ccc(Cl)cc1. The van der Waals surface area contributed by atoms with E-state index in [0.717, 1.165) is 11.8 Å². The van der Waals surface area contributed by atoms with Crippen molar-refractivity contribution in [2.24, 2.45) is 0 Å². The monoisotopic (exact) mass is 419 g/mol. The molecule has 9 heteroatoms. The summed E-state index contributed by atoms with van der Waals surface area (Å²) in [5.74, 6) is -0.145. The van der Waals surface area contributed by atoms with Crippen molar-refractivity contribution in [1.82, 2.24) is 5.27 Å². The molecule has 28 heavy (non-hydrogen) atoms. The van der Waals surface area contributed by atoms with E-state index >= 15 is 0 Å². The first kappa shape index (κ1) is 20.0. The minimum atomic E-state index is -0.599. The topological polar surface area (TPSA) is 91.3 Å². The number of anilines is 1. The molecule has 146 valence electrons. The lowest BCUT2D eigenvalue weighted by molar-refractivity contribution is -0.705. The van der Waals surface area contributed by atoms with Gasteiger partial charge >= 0.3 is 0 Å². The molecule has 1 aromatic heterocycles. The lowest BCUT2D eigenvalue weighted by atomic mass is 10.3. The van der Waals surface area contributed by atoms with Crippen molar-refractivity contribution in [2.45, 2.75) is 23.6 Å². The first-order valence-corrected chi connectivity index (χ1v) is 9.74. The molecule has 0 fully saturated rings. The fraction of sp³-hybridized carbons (Fsp3) is 0.211. The summed E-state index contributed by atoms with van der Waals surface area (Å²) in [5.41, 5.74) is 1.26. The van der Waals surface area contributed by atoms with Crippen LogP contribution in [0.3, 0.4) is 0 Å². The maximum absolute atomic E-state index is 12.7. The van der Waals surface area contributed by atoms with Gasteiger partial charge < -0.3 is 19.7 Å². The van der Waals surface area contributed by atoms with E-state index in [4.69, 9.17) is 20.9 Å². The highest BCUT2D eigenvalue weighted by Crippen LogP contribution is 2.30. The number of hydrogen-bond acceptors (Lipinski definition) is 6. The van der Waals surface area contributed by atoms with Crippen LogP contribution in [-0.4, -0.2) is 23.5 Å². The number of methoxy groups -OCH3 is 1. The molecular weight excluding hydrogens is 402 g/mol. The molecule has 0 saturated heterocycles. The molecule has 0 bridgehead atoms. The normalized spacial score (nSPS) is 11.8. The summed E-state index contributed by atoms with van der Waals surface area (Å²) in [4.78, 5) is 12.7. The largest absolute Gasteiger partial charge is 0.538 e. The highest BCUT2D eigenvalue weighted by molar-refractivity contribution is 8.00. The van der Waals surface area contributed by atoms with Crippen molar-refractivity contribution in [3.63, 3.8) is 0 Å². The fourth-order valence-electron chi connectivity index (χ4n) is 2.44. The lowest BCUT2D eigenvalue weighted by Gasteiger charge is -2.13. The number of hydrogen-bond donors (Lipinski definition) is 1. The summed E-state index contributed by atoms with van der Waals surface area (Å²) < 4.78 is 11.3. The Balaban J connectivity index is 1.79. The maximum atomic E-state index is 12.7. The number of thioether (sulfide) groups is 1. The van der Waals surface area contributed by atoms with Crippen molar-refractivity contribution in [2.75, 3.05) is 12.4 Å². The quantitative estimate of drug-likeness (QED) is 0.467. The minimum absolute atomic E-state index is 0.225. The van der Waals surface area contributed by atoms with Crippen LogP contribution in [-0.2, 0) is 4.79 Å². The maximum Gasteiger partial charge on any atom is 0.298 e. The van der Waals surface area contributed by atoms with Crippen LogP contribution in [0, 0.1) is 0 Å². The molecule has 0 saturated carbocycles. The predicted molar refractivity (Wildman–Crippen MR) is 104 cm³/mol. The number of aromatic nitrogens is 2. The van der Waals surface area contributed by atoms with E-state index in [-0.39, 0.29) is 10.9 Å². The van der Waals surface area contributed by atoms with E-state index in [1.807, 2.05) is 6.92 Å². The first-order valence-electron chi connectivity index (χ1n) is 8.48. The predicted octanol–water partition coefficient (Wildman–Crippen LogP) is 3.20. The Bertz CT molecular complexity index is 945. The molecule has 3 rings (SSSR count). The van der Waals surface area contributed by atoms with Gasteiger partial charge in [0.15, 0.2) is 5.95 Å². The Morgan fingerprint density at radius 1 is 1.29 bits per heavy atom. The van der Waals surface area contributed by atoms with E-state index in [9.17, 15) is 9.90 Å². The van der Waals surface area contributed by atoms with Crippen LogP contribution < -0.4 is 19.8 Å². The molecule has 1 N–H and O–H groups in total. The average molecular weight is 420 g/mol. The molecule has 1 atom stereocenters. The average Bonchev–Trinajstić information content (AvgIpc) is 3.08. The third-order valence-corrected chi connectivity index (χ3v) is 5.57. The van der Waals surface area contributed by atoms with E-state index in [1.54, 1.807) is 55.6 Å². The van der Waals surface area contributed by atoms with Crippen molar-refractivity contribution in [3.8, 4) is 17.4 Å². The number of rotatable bonds is 7. The van der Waals surface area contributed by atoms with E-state index in [2.05, 4.69) is 10.6 Å². The second-order valence-corrected chi connectivity index (χ2v) is 7.41. The lowest BCUT2D eigenvalue weighted by Crippen LogP contribution is -2.36. The third-order valence-electron chi connectivity index (χ3n) is 3.92. The Labute approximate surface area is 171 Å². The molecule has 2 aromatic carbocycles. The number of nitrogens with one attached hydrogen (secondary N) is 1. The molecule has 1 heterocycles. The number of ether oxygens (including phenoxy) is 1. The van der Waals surface area contributed by atoms with E-state index in [0.29, 0.717) is 28.6 Å². The molecule has 7 nitrogen and oxygen atoms in total. The standard InChI is InChI=1S/C19H18ClN3O4S/c1-3-16(17(24)21-13-6-4-12(20)5-7-13)28-18-19(25)27-22-23(18)14-8-10-15(26-2)11-9-14/h4-11,16H,3H2,1-2H3,(H-,21,22,24,25). The van der Waals surface area contributed by atoms with Gasteiger partial charge in [-0.1, -0.05) is 18.5 Å². The molecule has 0 aliphatic heterocycles. The van der Waals surface area contributed by atoms with Crippen LogP contribution in [0.25, 0.3) is 5.69 Å². The Kier molecular flexibility index (Phi) is 6.43. The van der Waals surface area contributed by atoms with Crippen molar-refractivity contribution in [3.05, 3.63) is 53.6 Å². The summed E-state index contributed by atoms with van der Waals surface area (Å²) >= 11 is 6.97. The van der Waals surface area contributed by atoms with Crippen LogP contribution >= 0.6 is 23.4 Å². The van der Waals surface area contributed by atoms with Crippen LogP contribution in [0.4, 0.5) is 5.69 Å². The Hall–Kier alpha value is -2.71. The zero-order chi connectivity index (χ0) is 20.1. The second kappa shape index (κ2) is 8.99. The van der Waals surface area contributed by atoms with Gasteiger partial charge in [-0.2, -0.15) is 0 Å². The number of carbonyl (C=O) groups is 1.